The summed E-state index contributed by atoms with van der Waals surface area (Å²) in [7, 11) is 3.68. The summed E-state index contributed by atoms with van der Waals surface area (Å²) in [5, 5.41) is 15.5. The van der Waals surface area contributed by atoms with Gasteiger partial charge in [-0.25, -0.2) is 0 Å². The molecule has 0 saturated heterocycles. The number of ether oxygens (including phenoxy) is 1. The van der Waals surface area contributed by atoms with Gasteiger partial charge in [0.05, 0.1) is 19.6 Å². The molecule has 102 valence electrons. The molecule has 0 saturated carbocycles. The molecule has 0 spiro atoms. The number of benzene rings is 1. The predicted octanol–water partition coefficient (Wildman–Crippen LogP) is 0.960. The van der Waals surface area contributed by atoms with Crippen LogP contribution in [-0.4, -0.2) is 40.4 Å². The molecule has 0 aliphatic rings. The van der Waals surface area contributed by atoms with Crippen molar-refractivity contribution < 1.29 is 4.74 Å². The van der Waals surface area contributed by atoms with Gasteiger partial charge in [0, 0.05) is 6.54 Å². The molecule has 19 heavy (non-hydrogen) atoms. The van der Waals surface area contributed by atoms with Crippen molar-refractivity contribution in [3.8, 4) is 5.75 Å². The van der Waals surface area contributed by atoms with Crippen LogP contribution in [0.3, 0.4) is 0 Å². The molecule has 2 rings (SSSR count). The highest BCUT2D eigenvalue weighted by Crippen LogP contribution is 2.24. The lowest BCUT2D eigenvalue weighted by Crippen LogP contribution is -2.19. The maximum atomic E-state index is 5.53. The molecule has 1 atom stereocenters. The number of hydrogen-bond acceptors (Lipinski definition) is 5. The molecule has 1 unspecified atom stereocenters. The van der Waals surface area contributed by atoms with Crippen LogP contribution < -0.4 is 10.1 Å². The van der Waals surface area contributed by atoms with Crippen molar-refractivity contribution in [1.29, 1.82) is 0 Å². The van der Waals surface area contributed by atoms with Crippen LogP contribution in [0, 0.1) is 0 Å². The van der Waals surface area contributed by atoms with Crippen molar-refractivity contribution in [2.75, 3.05) is 20.2 Å². The number of tetrazole rings is 1. The quantitative estimate of drug-likeness (QED) is 0.839. The first-order chi connectivity index (χ1) is 9.24. The van der Waals surface area contributed by atoms with E-state index in [1.807, 2.05) is 32.2 Å². The molecule has 0 aliphatic carbocycles. The second kappa shape index (κ2) is 6.29. The Morgan fingerprint density at radius 3 is 2.89 bits per heavy atom. The van der Waals surface area contributed by atoms with Gasteiger partial charge in [-0.3, -0.25) is 0 Å². The SMILES string of the molecule is CCOc1cccc(C(CNC)c2nnn(C)n2)c1. The van der Waals surface area contributed by atoms with Crippen molar-refractivity contribution in [2.24, 2.45) is 7.05 Å². The minimum Gasteiger partial charge on any atom is -0.494 e. The number of nitrogens with zero attached hydrogens (tertiary/aromatic N) is 4. The molecule has 0 bridgehead atoms. The standard InChI is InChI=1S/C13H19N5O/c1-4-19-11-7-5-6-10(8-11)12(9-14-2)13-15-17-18(3)16-13/h5-8,12,14H,4,9H2,1-3H3. The Morgan fingerprint density at radius 2 is 2.26 bits per heavy atom. The summed E-state index contributed by atoms with van der Waals surface area (Å²) in [6, 6.07) is 8.02. The van der Waals surface area contributed by atoms with Crippen LogP contribution in [-0.2, 0) is 7.05 Å². The number of aryl methyl sites for hydroxylation is 1. The Morgan fingerprint density at radius 1 is 1.42 bits per heavy atom. The second-order valence-electron chi connectivity index (χ2n) is 4.25. The summed E-state index contributed by atoms with van der Waals surface area (Å²) >= 11 is 0. The topological polar surface area (TPSA) is 64.9 Å². The van der Waals surface area contributed by atoms with Gasteiger partial charge in [-0.2, -0.15) is 4.80 Å². The van der Waals surface area contributed by atoms with Crippen molar-refractivity contribution in [3.63, 3.8) is 0 Å². The summed E-state index contributed by atoms with van der Waals surface area (Å²) < 4.78 is 5.53. The zero-order valence-corrected chi connectivity index (χ0v) is 11.5. The molecule has 2 aromatic rings. The van der Waals surface area contributed by atoms with E-state index < -0.39 is 0 Å². The number of hydrogen-bond donors (Lipinski definition) is 1. The first-order valence-corrected chi connectivity index (χ1v) is 6.35. The van der Waals surface area contributed by atoms with Crippen LogP contribution in [0.15, 0.2) is 24.3 Å². The van der Waals surface area contributed by atoms with E-state index in [1.54, 1.807) is 7.05 Å². The van der Waals surface area contributed by atoms with E-state index in [0.29, 0.717) is 12.4 Å². The van der Waals surface area contributed by atoms with Gasteiger partial charge in [0.1, 0.15) is 5.75 Å². The van der Waals surface area contributed by atoms with E-state index in [0.717, 1.165) is 17.9 Å². The molecule has 0 aliphatic heterocycles. The molecule has 6 heteroatoms. The van der Waals surface area contributed by atoms with Gasteiger partial charge in [-0.15, -0.1) is 10.2 Å². The third kappa shape index (κ3) is 3.29. The minimum absolute atomic E-state index is 0.0686. The fraction of sp³-hybridized carbons (Fsp3) is 0.462. The van der Waals surface area contributed by atoms with Gasteiger partial charge in [0.2, 0.25) is 0 Å². The molecule has 0 amide bonds. The van der Waals surface area contributed by atoms with Crippen molar-refractivity contribution in [1.82, 2.24) is 25.5 Å². The summed E-state index contributed by atoms with van der Waals surface area (Å²) in [5.41, 5.74) is 1.12. The minimum atomic E-state index is 0.0686. The molecular weight excluding hydrogens is 242 g/mol. The highest BCUT2D eigenvalue weighted by atomic mass is 16.5. The predicted molar refractivity (Wildman–Crippen MR) is 72.2 cm³/mol. The average molecular weight is 261 g/mol. The van der Waals surface area contributed by atoms with Gasteiger partial charge >= 0.3 is 0 Å². The number of nitrogens with one attached hydrogen (secondary N) is 1. The lowest BCUT2D eigenvalue weighted by molar-refractivity contribution is 0.339. The molecular formula is C13H19N5O. The Balaban J connectivity index is 2.30. The summed E-state index contributed by atoms with van der Waals surface area (Å²) in [5.74, 6) is 1.65. The Labute approximate surface area is 112 Å². The largest absolute Gasteiger partial charge is 0.494 e. The molecule has 0 radical (unpaired) electrons. The Hall–Kier alpha value is -1.95. The van der Waals surface area contributed by atoms with E-state index >= 15 is 0 Å². The highest BCUT2D eigenvalue weighted by Gasteiger charge is 2.19. The monoisotopic (exact) mass is 261 g/mol. The smallest absolute Gasteiger partial charge is 0.183 e. The highest BCUT2D eigenvalue weighted by molar-refractivity contribution is 5.33. The van der Waals surface area contributed by atoms with Crippen LogP contribution in [0.4, 0.5) is 0 Å². The van der Waals surface area contributed by atoms with E-state index in [1.165, 1.54) is 4.80 Å². The normalized spacial score (nSPS) is 12.4. The second-order valence-corrected chi connectivity index (χ2v) is 4.25. The van der Waals surface area contributed by atoms with Crippen LogP contribution in [0.5, 0.6) is 5.75 Å². The molecule has 1 N–H and O–H groups in total. The Bertz CT molecular complexity index is 525. The number of rotatable bonds is 6. The van der Waals surface area contributed by atoms with Crippen LogP contribution in [0.1, 0.15) is 24.2 Å². The lowest BCUT2D eigenvalue weighted by atomic mass is 9.98. The number of likely N-dealkylation sites (N-methyl/N-ethyl adjacent to an activating group) is 1. The van der Waals surface area contributed by atoms with Crippen molar-refractivity contribution in [2.45, 2.75) is 12.8 Å². The molecule has 0 fully saturated rings. The van der Waals surface area contributed by atoms with Gasteiger partial charge < -0.3 is 10.1 Å². The summed E-state index contributed by atoms with van der Waals surface area (Å²) in [4.78, 5) is 1.48. The number of aromatic nitrogens is 4. The Kier molecular flexibility index (Phi) is 4.46. The third-order valence-electron chi connectivity index (χ3n) is 2.82. The van der Waals surface area contributed by atoms with Gasteiger partial charge in [-0.1, -0.05) is 12.1 Å². The van der Waals surface area contributed by atoms with Crippen LogP contribution >= 0.6 is 0 Å². The average Bonchev–Trinajstić information content (AvgIpc) is 2.83. The maximum absolute atomic E-state index is 5.53. The van der Waals surface area contributed by atoms with Crippen molar-refractivity contribution in [3.05, 3.63) is 35.7 Å². The maximum Gasteiger partial charge on any atom is 0.183 e. The lowest BCUT2D eigenvalue weighted by Gasteiger charge is -2.14. The van der Waals surface area contributed by atoms with Crippen LogP contribution in [0.25, 0.3) is 0 Å². The molecule has 1 heterocycles. The van der Waals surface area contributed by atoms with Crippen molar-refractivity contribution >= 4 is 0 Å². The fourth-order valence-electron chi connectivity index (χ4n) is 1.99. The molecule has 6 nitrogen and oxygen atoms in total. The van der Waals surface area contributed by atoms with E-state index in [2.05, 4.69) is 26.8 Å². The third-order valence-corrected chi connectivity index (χ3v) is 2.82. The first kappa shape index (κ1) is 13.5. The summed E-state index contributed by atoms with van der Waals surface area (Å²) in [6.45, 7) is 3.38. The van der Waals surface area contributed by atoms with Gasteiger partial charge in [0.25, 0.3) is 0 Å². The van der Waals surface area contributed by atoms with E-state index in [4.69, 9.17) is 4.74 Å². The molecule has 1 aromatic carbocycles. The molecule has 1 aromatic heterocycles. The zero-order chi connectivity index (χ0) is 13.7. The van der Waals surface area contributed by atoms with Gasteiger partial charge in [0.15, 0.2) is 5.82 Å². The van der Waals surface area contributed by atoms with Gasteiger partial charge in [-0.05, 0) is 36.9 Å². The summed E-state index contributed by atoms with van der Waals surface area (Å²) in [6.07, 6.45) is 0. The zero-order valence-electron chi connectivity index (χ0n) is 11.5. The van der Waals surface area contributed by atoms with Crippen LogP contribution in [0.2, 0.25) is 0 Å². The van der Waals surface area contributed by atoms with E-state index in [-0.39, 0.29) is 5.92 Å². The van der Waals surface area contributed by atoms with E-state index in [9.17, 15) is 0 Å². The first-order valence-electron chi connectivity index (χ1n) is 6.35. The fourth-order valence-corrected chi connectivity index (χ4v) is 1.99.